The van der Waals surface area contributed by atoms with Crippen LogP contribution in [-0.2, 0) is 6.54 Å². The van der Waals surface area contributed by atoms with Crippen LogP contribution in [0.2, 0.25) is 0 Å². The molecule has 0 bridgehead atoms. The molecule has 0 aliphatic heterocycles. The molecule has 4 aromatic rings. The first-order valence-electron chi connectivity index (χ1n) is 10.1. The van der Waals surface area contributed by atoms with E-state index in [1.165, 1.54) is 12.5 Å². The first kappa shape index (κ1) is 21.5. The van der Waals surface area contributed by atoms with E-state index in [0.29, 0.717) is 22.7 Å². The number of hydrogen-bond acceptors (Lipinski definition) is 7. The van der Waals surface area contributed by atoms with Crippen molar-refractivity contribution in [2.45, 2.75) is 13.5 Å². The minimum absolute atomic E-state index is 0.00537. The average molecular weight is 437 g/mol. The fourth-order valence-electron chi connectivity index (χ4n) is 3.19. The maximum absolute atomic E-state index is 12.7. The number of nitrogens with zero attached hydrogens (tertiary/aromatic N) is 5. The average Bonchev–Trinajstić information content (AvgIpc) is 3.35. The number of benzene rings is 2. The Hall–Kier alpha value is -4.77. The second kappa shape index (κ2) is 9.58. The lowest BCUT2D eigenvalue weighted by atomic mass is 10.1. The lowest BCUT2D eigenvalue weighted by molar-refractivity contribution is 0.397. The summed E-state index contributed by atoms with van der Waals surface area (Å²) in [4.78, 5) is 17.1. The van der Waals surface area contributed by atoms with Gasteiger partial charge in [-0.05, 0) is 61.0 Å². The van der Waals surface area contributed by atoms with E-state index in [2.05, 4.69) is 15.2 Å². The van der Waals surface area contributed by atoms with Crippen molar-refractivity contribution in [2.75, 3.05) is 0 Å². The highest BCUT2D eigenvalue weighted by Gasteiger charge is 2.18. The maximum atomic E-state index is 12.7. The lowest BCUT2D eigenvalue weighted by Crippen LogP contribution is -2.25. The molecule has 8 heteroatoms. The van der Waals surface area contributed by atoms with E-state index in [0.717, 1.165) is 10.3 Å². The highest BCUT2D eigenvalue weighted by Crippen LogP contribution is 2.24. The summed E-state index contributed by atoms with van der Waals surface area (Å²) in [6, 6.07) is 21.7. The molecule has 0 spiro atoms. The van der Waals surface area contributed by atoms with Gasteiger partial charge in [0.05, 0.1) is 35.4 Å². The molecule has 0 saturated carbocycles. The SMILES string of the molecule is Cc1c(C=Nc2ccc(N=Nc3ccccc3)cc2)c(O)n(Cc2ccco2)c(=O)c1C#N. The predicted molar refractivity (Wildman–Crippen MR) is 124 cm³/mol. The van der Waals surface area contributed by atoms with Crippen molar-refractivity contribution in [3.63, 3.8) is 0 Å². The molecule has 1 N–H and O–H groups in total. The third-order valence-corrected chi connectivity index (χ3v) is 4.97. The minimum Gasteiger partial charge on any atom is -0.494 e. The number of aliphatic imine (C=N–C) groups is 1. The van der Waals surface area contributed by atoms with Gasteiger partial charge in [0.1, 0.15) is 17.4 Å². The van der Waals surface area contributed by atoms with E-state index in [1.54, 1.807) is 43.3 Å². The van der Waals surface area contributed by atoms with Crippen molar-refractivity contribution < 1.29 is 9.52 Å². The van der Waals surface area contributed by atoms with Crippen molar-refractivity contribution in [1.82, 2.24) is 4.57 Å². The molecule has 2 heterocycles. The Balaban J connectivity index is 1.62. The fraction of sp³-hybridized carbons (Fsp3) is 0.0800. The van der Waals surface area contributed by atoms with Gasteiger partial charge < -0.3 is 9.52 Å². The quantitative estimate of drug-likeness (QED) is 0.315. The zero-order valence-electron chi connectivity index (χ0n) is 17.7. The number of azo groups is 1. The molecule has 0 atom stereocenters. The maximum Gasteiger partial charge on any atom is 0.271 e. The summed E-state index contributed by atoms with van der Waals surface area (Å²) in [6.45, 7) is 1.60. The zero-order chi connectivity index (χ0) is 23.2. The van der Waals surface area contributed by atoms with Crippen molar-refractivity contribution in [3.05, 3.63) is 106 Å². The minimum atomic E-state index is -0.589. The number of hydrogen-bond donors (Lipinski definition) is 1. The van der Waals surface area contributed by atoms with Gasteiger partial charge in [0.25, 0.3) is 5.56 Å². The summed E-state index contributed by atoms with van der Waals surface area (Å²) in [5.74, 6) is 0.188. The van der Waals surface area contributed by atoms with Crippen LogP contribution in [0.4, 0.5) is 17.1 Å². The largest absolute Gasteiger partial charge is 0.494 e. The van der Waals surface area contributed by atoms with Gasteiger partial charge in [0.15, 0.2) is 0 Å². The first-order valence-corrected chi connectivity index (χ1v) is 10.1. The van der Waals surface area contributed by atoms with E-state index in [9.17, 15) is 15.2 Å². The molecule has 4 rings (SSSR count). The van der Waals surface area contributed by atoms with E-state index in [-0.39, 0.29) is 23.6 Å². The topological polar surface area (TPSA) is 116 Å². The third kappa shape index (κ3) is 4.78. The van der Waals surface area contributed by atoms with Crippen LogP contribution in [0.3, 0.4) is 0 Å². The van der Waals surface area contributed by atoms with E-state index in [1.807, 2.05) is 36.4 Å². The molecule has 0 fully saturated rings. The summed E-state index contributed by atoms with van der Waals surface area (Å²) in [5, 5.41) is 28.6. The van der Waals surface area contributed by atoms with E-state index < -0.39 is 5.56 Å². The van der Waals surface area contributed by atoms with Crippen LogP contribution in [0.1, 0.15) is 22.5 Å². The van der Waals surface area contributed by atoms with Gasteiger partial charge in [-0.15, -0.1) is 0 Å². The molecule has 0 radical (unpaired) electrons. The summed E-state index contributed by atoms with van der Waals surface area (Å²) >= 11 is 0. The van der Waals surface area contributed by atoms with Crippen LogP contribution < -0.4 is 5.56 Å². The molecule has 0 amide bonds. The molecule has 8 nitrogen and oxygen atoms in total. The molecular formula is C25H19N5O3. The number of pyridine rings is 1. The number of furan rings is 1. The van der Waals surface area contributed by atoms with E-state index in [4.69, 9.17) is 4.42 Å². The molecule has 2 aromatic carbocycles. The number of rotatable bonds is 6. The van der Waals surface area contributed by atoms with Crippen molar-refractivity contribution >= 4 is 23.3 Å². The molecule has 33 heavy (non-hydrogen) atoms. The summed E-state index contributed by atoms with van der Waals surface area (Å²) in [5.41, 5.74) is 2.01. The van der Waals surface area contributed by atoms with Crippen LogP contribution in [0.25, 0.3) is 0 Å². The Bertz CT molecular complexity index is 1410. The molecule has 162 valence electrons. The Morgan fingerprint density at radius 1 is 1.00 bits per heavy atom. The van der Waals surface area contributed by atoms with Gasteiger partial charge in [-0.2, -0.15) is 15.5 Å². The Morgan fingerprint density at radius 3 is 2.30 bits per heavy atom. The summed E-state index contributed by atoms with van der Waals surface area (Å²) < 4.78 is 6.37. The van der Waals surface area contributed by atoms with Gasteiger partial charge in [-0.3, -0.25) is 14.4 Å². The predicted octanol–water partition coefficient (Wildman–Crippen LogP) is 5.54. The fourth-order valence-corrected chi connectivity index (χ4v) is 3.19. The van der Waals surface area contributed by atoms with Gasteiger partial charge >= 0.3 is 0 Å². The van der Waals surface area contributed by atoms with Crippen LogP contribution in [0.5, 0.6) is 5.88 Å². The molecular weight excluding hydrogens is 418 g/mol. The van der Waals surface area contributed by atoms with Crippen molar-refractivity contribution in [1.29, 1.82) is 5.26 Å². The van der Waals surface area contributed by atoms with Gasteiger partial charge in [0, 0.05) is 6.21 Å². The normalized spacial score (nSPS) is 11.3. The second-order valence-corrected chi connectivity index (χ2v) is 7.13. The van der Waals surface area contributed by atoms with Crippen LogP contribution in [-0.4, -0.2) is 15.9 Å². The smallest absolute Gasteiger partial charge is 0.271 e. The lowest BCUT2D eigenvalue weighted by Gasteiger charge is -2.13. The molecule has 0 saturated heterocycles. The number of nitriles is 1. The first-order chi connectivity index (χ1) is 16.1. The standard InChI is InChI=1S/C25H19N5O3/c1-17-22(14-26)24(31)30(16-21-8-5-13-33-21)25(32)23(17)15-27-18-9-11-20(12-10-18)29-28-19-6-3-2-4-7-19/h2-13,15,32H,16H2,1H3. The summed E-state index contributed by atoms with van der Waals surface area (Å²) in [6.07, 6.45) is 2.91. The van der Waals surface area contributed by atoms with Gasteiger partial charge in [-0.1, -0.05) is 18.2 Å². The second-order valence-electron chi connectivity index (χ2n) is 7.13. The highest BCUT2D eigenvalue weighted by molar-refractivity contribution is 5.87. The Kier molecular flexibility index (Phi) is 6.23. The number of aromatic nitrogens is 1. The van der Waals surface area contributed by atoms with Crippen molar-refractivity contribution in [2.24, 2.45) is 15.2 Å². The number of aromatic hydroxyl groups is 1. The zero-order valence-corrected chi connectivity index (χ0v) is 17.7. The van der Waals surface area contributed by atoms with E-state index >= 15 is 0 Å². The van der Waals surface area contributed by atoms with Crippen LogP contribution >= 0.6 is 0 Å². The van der Waals surface area contributed by atoms with Crippen LogP contribution in [0.15, 0.2) is 97.4 Å². The highest BCUT2D eigenvalue weighted by atomic mass is 16.3. The summed E-state index contributed by atoms with van der Waals surface area (Å²) in [7, 11) is 0. The molecule has 0 aliphatic carbocycles. The molecule has 2 aromatic heterocycles. The third-order valence-electron chi connectivity index (χ3n) is 4.97. The van der Waals surface area contributed by atoms with Crippen molar-refractivity contribution in [3.8, 4) is 11.9 Å². The molecule has 0 unspecified atom stereocenters. The Morgan fingerprint density at radius 2 is 1.67 bits per heavy atom. The molecule has 0 aliphatic rings. The van der Waals surface area contributed by atoms with Gasteiger partial charge in [-0.25, -0.2) is 0 Å². The monoisotopic (exact) mass is 437 g/mol. The Labute approximate surface area is 189 Å². The van der Waals surface area contributed by atoms with Gasteiger partial charge in [0.2, 0.25) is 5.88 Å². The van der Waals surface area contributed by atoms with Crippen LogP contribution in [0, 0.1) is 18.3 Å².